The van der Waals surface area contributed by atoms with Crippen LogP contribution < -0.4 is 0 Å². The van der Waals surface area contributed by atoms with Gasteiger partial charge in [0.05, 0.1) is 0 Å². The van der Waals surface area contributed by atoms with Crippen molar-refractivity contribution in [2.24, 2.45) is 0 Å². The van der Waals surface area contributed by atoms with Crippen LogP contribution in [0.4, 0.5) is 0 Å². The first-order valence-electron chi connectivity index (χ1n) is 2.86. The molecule has 1 rings (SSSR count). The molecular formula is C9H9Cl. The highest BCUT2D eigenvalue weighted by atomic mass is 35.5. The van der Waals surface area contributed by atoms with E-state index in [-0.39, 0.29) is 12.4 Å². The lowest BCUT2D eigenvalue weighted by Gasteiger charge is -1.89. The average Bonchev–Trinajstić information content (AvgIpc) is 1.90. The Kier molecular flexibility index (Phi) is 3.61. The van der Waals surface area contributed by atoms with Gasteiger partial charge in [0.1, 0.15) is 0 Å². The van der Waals surface area contributed by atoms with E-state index >= 15 is 0 Å². The fourth-order valence-electron chi connectivity index (χ4n) is 0.650. The quantitative estimate of drug-likeness (QED) is 0.501. The molecule has 0 radical (unpaired) electrons. The van der Waals surface area contributed by atoms with Crippen LogP contribution in [0, 0.1) is 19.3 Å². The zero-order chi connectivity index (χ0) is 6.69. The summed E-state index contributed by atoms with van der Waals surface area (Å²) in [4.78, 5) is 0. The lowest BCUT2D eigenvalue weighted by molar-refractivity contribution is 1.46. The second kappa shape index (κ2) is 3.98. The van der Waals surface area contributed by atoms with Crippen LogP contribution >= 0.6 is 12.4 Å². The predicted octanol–water partition coefficient (Wildman–Crippen LogP) is 2.40. The van der Waals surface area contributed by atoms with Crippen LogP contribution in [0.15, 0.2) is 24.3 Å². The molecule has 0 N–H and O–H groups in total. The van der Waals surface area contributed by atoms with E-state index in [4.69, 9.17) is 6.42 Å². The van der Waals surface area contributed by atoms with Crippen LogP contribution in [0.5, 0.6) is 0 Å². The van der Waals surface area contributed by atoms with Gasteiger partial charge in [0.15, 0.2) is 0 Å². The Bertz CT molecular complexity index is 228. The van der Waals surface area contributed by atoms with Crippen LogP contribution in [0.25, 0.3) is 0 Å². The van der Waals surface area contributed by atoms with Gasteiger partial charge in [-0.15, -0.1) is 18.8 Å². The van der Waals surface area contributed by atoms with Gasteiger partial charge in [-0.2, -0.15) is 0 Å². The van der Waals surface area contributed by atoms with E-state index in [1.165, 1.54) is 5.56 Å². The molecule has 0 heterocycles. The molecule has 0 aromatic heterocycles. The van der Waals surface area contributed by atoms with Crippen molar-refractivity contribution in [3.05, 3.63) is 35.4 Å². The average molecular weight is 153 g/mol. The molecule has 0 spiro atoms. The van der Waals surface area contributed by atoms with Crippen LogP contribution in [0.2, 0.25) is 0 Å². The van der Waals surface area contributed by atoms with Gasteiger partial charge in [-0.3, -0.25) is 0 Å². The molecule has 0 amide bonds. The molecule has 0 nitrogen and oxygen atoms in total. The number of aryl methyl sites for hydroxylation is 1. The summed E-state index contributed by atoms with van der Waals surface area (Å²) in [6, 6.07) is 7.90. The van der Waals surface area contributed by atoms with Gasteiger partial charge in [0.2, 0.25) is 0 Å². The minimum Gasteiger partial charge on any atom is -0.147 e. The highest BCUT2D eigenvalue weighted by molar-refractivity contribution is 5.85. The molecule has 52 valence electrons. The molecule has 0 unspecified atom stereocenters. The normalized spacial score (nSPS) is 7.60. The monoisotopic (exact) mass is 152 g/mol. The van der Waals surface area contributed by atoms with Crippen molar-refractivity contribution in [3.8, 4) is 12.3 Å². The molecule has 0 fully saturated rings. The Morgan fingerprint density at radius 3 is 2.10 bits per heavy atom. The maximum atomic E-state index is 5.15. The van der Waals surface area contributed by atoms with Crippen molar-refractivity contribution < 1.29 is 0 Å². The second-order valence-electron chi connectivity index (χ2n) is 2.01. The van der Waals surface area contributed by atoms with Gasteiger partial charge in [-0.05, 0) is 19.1 Å². The molecule has 0 atom stereocenters. The van der Waals surface area contributed by atoms with E-state index in [1.54, 1.807) is 0 Å². The van der Waals surface area contributed by atoms with Gasteiger partial charge >= 0.3 is 0 Å². The Hall–Kier alpha value is -0.930. The summed E-state index contributed by atoms with van der Waals surface area (Å²) in [5.74, 6) is 2.55. The molecule has 0 saturated carbocycles. The summed E-state index contributed by atoms with van der Waals surface area (Å²) in [5.41, 5.74) is 2.19. The second-order valence-corrected chi connectivity index (χ2v) is 2.01. The smallest absolute Gasteiger partial charge is 0.0242 e. The SMILES string of the molecule is C#Cc1ccc(C)cc1.Cl. The molecule has 0 aliphatic carbocycles. The molecule has 0 aliphatic rings. The zero-order valence-corrected chi connectivity index (χ0v) is 6.61. The lowest BCUT2D eigenvalue weighted by atomic mass is 10.2. The van der Waals surface area contributed by atoms with E-state index in [1.807, 2.05) is 31.2 Å². The lowest BCUT2D eigenvalue weighted by Crippen LogP contribution is -1.72. The Labute approximate surface area is 67.7 Å². The maximum absolute atomic E-state index is 5.15. The van der Waals surface area contributed by atoms with Crippen LogP contribution in [-0.2, 0) is 0 Å². The third kappa shape index (κ3) is 2.13. The summed E-state index contributed by atoms with van der Waals surface area (Å²) < 4.78 is 0. The van der Waals surface area contributed by atoms with E-state index < -0.39 is 0 Å². The van der Waals surface area contributed by atoms with Crippen molar-refractivity contribution in [1.29, 1.82) is 0 Å². The van der Waals surface area contributed by atoms with Crippen LogP contribution in [-0.4, -0.2) is 0 Å². The van der Waals surface area contributed by atoms with Crippen molar-refractivity contribution in [3.63, 3.8) is 0 Å². The largest absolute Gasteiger partial charge is 0.147 e. The van der Waals surface area contributed by atoms with Gasteiger partial charge in [0.25, 0.3) is 0 Å². The molecule has 1 aromatic rings. The molecule has 1 heteroatoms. The van der Waals surface area contributed by atoms with E-state index in [9.17, 15) is 0 Å². The highest BCUT2D eigenvalue weighted by Gasteiger charge is 1.82. The molecule has 10 heavy (non-hydrogen) atoms. The highest BCUT2D eigenvalue weighted by Crippen LogP contribution is 1.99. The van der Waals surface area contributed by atoms with Crippen molar-refractivity contribution >= 4 is 12.4 Å². The first-order valence-corrected chi connectivity index (χ1v) is 2.86. The number of hydrogen-bond donors (Lipinski definition) is 0. The summed E-state index contributed by atoms with van der Waals surface area (Å²) in [6.45, 7) is 2.04. The summed E-state index contributed by atoms with van der Waals surface area (Å²) >= 11 is 0. The van der Waals surface area contributed by atoms with E-state index in [0.29, 0.717) is 0 Å². The Morgan fingerprint density at radius 1 is 1.20 bits per heavy atom. The zero-order valence-electron chi connectivity index (χ0n) is 5.79. The van der Waals surface area contributed by atoms with Crippen LogP contribution in [0.3, 0.4) is 0 Å². The number of rotatable bonds is 0. The first kappa shape index (κ1) is 9.07. The Balaban J connectivity index is 0.000000810. The summed E-state index contributed by atoms with van der Waals surface area (Å²) in [6.07, 6.45) is 5.15. The van der Waals surface area contributed by atoms with Gasteiger partial charge < -0.3 is 0 Å². The number of halogens is 1. The molecule has 1 aromatic carbocycles. The van der Waals surface area contributed by atoms with Gasteiger partial charge in [0, 0.05) is 5.56 Å². The van der Waals surface area contributed by atoms with Gasteiger partial charge in [-0.1, -0.05) is 23.6 Å². The summed E-state index contributed by atoms with van der Waals surface area (Å²) in [5, 5.41) is 0. The molecule has 0 saturated heterocycles. The minimum absolute atomic E-state index is 0. The fourth-order valence-corrected chi connectivity index (χ4v) is 0.650. The van der Waals surface area contributed by atoms with E-state index in [0.717, 1.165) is 5.56 Å². The maximum Gasteiger partial charge on any atom is 0.0242 e. The van der Waals surface area contributed by atoms with Crippen LogP contribution in [0.1, 0.15) is 11.1 Å². The third-order valence-electron chi connectivity index (χ3n) is 1.22. The van der Waals surface area contributed by atoms with E-state index in [2.05, 4.69) is 5.92 Å². The first-order chi connectivity index (χ1) is 4.33. The molecule has 0 bridgehead atoms. The summed E-state index contributed by atoms with van der Waals surface area (Å²) in [7, 11) is 0. The standard InChI is InChI=1S/C9H8.ClH/c1-3-9-6-4-8(2)5-7-9;/h1,4-7H,2H3;1H. The topological polar surface area (TPSA) is 0 Å². The van der Waals surface area contributed by atoms with Gasteiger partial charge in [-0.25, -0.2) is 0 Å². The predicted molar refractivity (Wildman–Crippen MR) is 46.4 cm³/mol. The molecule has 0 aliphatic heterocycles. The number of hydrogen-bond acceptors (Lipinski definition) is 0. The molecular weight excluding hydrogens is 144 g/mol. The van der Waals surface area contributed by atoms with Crippen molar-refractivity contribution in [1.82, 2.24) is 0 Å². The minimum atomic E-state index is 0. The number of benzene rings is 1. The van der Waals surface area contributed by atoms with Crippen molar-refractivity contribution in [2.75, 3.05) is 0 Å². The third-order valence-corrected chi connectivity index (χ3v) is 1.22. The Morgan fingerprint density at radius 2 is 1.70 bits per heavy atom. The fraction of sp³-hybridized carbons (Fsp3) is 0.111. The van der Waals surface area contributed by atoms with Crippen molar-refractivity contribution in [2.45, 2.75) is 6.92 Å². The number of terminal acetylenes is 1.